The Kier molecular flexibility index (Phi) is 6.07. The van der Waals surface area contributed by atoms with Gasteiger partial charge in [-0.3, -0.25) is 0 Å². The largest absolute Gasteiger partial charge is 0.312 e. The summed E-state index contributed by atoms with van der Waals surface area (Å²) in [5.74, 6) is 0.944. The van der Waals surface area contributed by atoms with Gasteiger partial charge in [0.05, 0.1) is 0 Å². The van der Waals surface area contributed by atoms with Gasteiger partial charge in [0.1, 0.15) is 0 Å². The lowest BCUT2D eigenvalue weighted by molar-refractivity contribution is 0.245. The average molecular weight is 224 g/mol. The third kappa shape index (κ3) is 4.67. The Morgan fingerprint density at radius 1 is 1.44 bits per heavy atom. The van der Waals surface area contributed by atoms with Crippen LogP contribution in [0.15, 0.2) is 12.7 Å². The molecule has 0 heterocycles. The van der Waals surface area contributed by atoms with E-state index in [1.807, 2.05) is 6.08 Å². The van der Waals surface area contributed by atoms with E-state index in [2.05, 4.69) is 37.8 Å². The fourth-order valence-electron chi connectivity index (χ4n) is 2.31. The minimum Gasteiger partial charge on any atom is -0.312 e. The quantitative estimate of drug-likeness (QED) is 0.606. The third-order valence-electron chi connectivity index (χ3n) is 3.66. The fourth-order valence-corrected chi connectivity index (χ4v) is 2.31. The maximum Gasteiger partial charge on any atom is 0.0242 e. The van der Waals surface area contributed by atoms with E-state index in [-0.39, 0.29) is 0 Å². The van der Waals surface area contributed by atoms with Crippen molar-refractivity contribution in [3.05, 3.63) is 12.7 Å². The molecule has 0 radical (unpaired) electrons. The van der Waals surface area contributed by atoms with Crippen LogP contribution in [0.3, 0.4) is 0 Å². The van der Waals surface area contributed by atoms with E-state index in [4.69, 9.17) is 0 Å². The second kappa shape index (κ2) is 7.08. The number of rotatable bonds is 9. The van der Waals surface area contributed by atoms with Crippen LogP contribution < -0.4 is 5.32 Å². The van der Waals surface area contributed by atoms with Crippen molar-refractivity contribution < 1.29 is 0 Å². The number of nitrogens with one attached hydrogen (secondary N) is 1. The Morgan fingerprint density at radius 3 is 2.56 bits per heavy atom. The summed E-state index contributed by atoms with van der Waals surface area (Å²) in [7, 11) is 4.41. The minimum absolute atomic E-state index is 0.666. The molecule has 1 N–H and O–H groups in total. The lowest BCUT2D eigenvalue weighted by Gasteiger charge is -2.27. The molecule has 1 aliphatic carbocycles. The highest BCUT2D eigenvalue weighted by atomic mass is 15.1. The van der Waals surface area contributed by atoms with Crippen molar-refractivity contribution in [1.29, 1.82) is 0 Å². The van der Waals surface area contributed by atoms with Crippen LogP contribution in [0.1, 0.15) is 39.0 Å². The van der Waals surface area contributed by atoms with E-state index in [1.54, 1.807) is 0 Å². The van der Waals surface area contributed by atoms with Crippen LogP contribution in [0.25, 0.3) is 0 Å². The number of hydrogen-bond donors (Lipinski definition) is 1. The lowest BCUT2D eigenvalue weighted by Crippen LogP contribution is -2.43. The van der Waals surface area contributed by atoms with E-state index >= 15 is 0 Å². The maximum absolute atomic E-state index is 3.79. The zero-order chi connectivity index (χ0) is 12.0. The lowest BCUT2D eigenvalue weighted by atomic mass is 10.1. The van der Waals surface area contributed by atoms with E-state index in [0.29, 0.717) is 6.04 Å². The van der Waals surface area contributed by atoms with E-state index in [0.717, 1.165) is 24.9 Å². The van der Waals surface area contributed by atoms with Crippen LogP contribution in [-0.2, 0) is 0 Å². The number of nitrogens with zero attached hydrogens (tertiary/aromatic N) is 1. The van der Waals surface area contributed by atoms with Gasteiger partial charge in [-0.15, -0.1) is 6.58 Å². The van der Waals surface area contributed by atoms with Gasteiger partial charge >= 0.3 is 0 Å². The molecule has 2 heteroatoms. The molecule has 1 aliphatic rings. The molecular weight excluding hydrogens is 196 g/mol. The zero-order valence-corrected chi connectivity index (χ0v) is 11.2. The van der Waals surface area contributed by atoms with E-state index in [1.165, 1.54) is 25.7 Å². The molecular formula is C14H28N2. The fraction of sp³-hybridized carbons (Fsp3) is 0.857. The molecule has 2 nitrogen and oxygen atoms in total. The van der Waals surface area contributed by atoms with Gasteiger partial charge < -0.3 is 10.2 Å². The molecule has 0 amide bonds. The highest BCUT2D eigenvalue weighted by Crippen LogP contribution is 2.34. The maximum atomic E-state index is 3.79. The van der Waals surface area contributed by atoms with Gasteiger partial charge in [-0.05, 0) is 52.1 Å². The molecule has 94 valence electrons. The number of allylic oxidation sites excluding steroid dienone is 1. The van der Waals surface area contributed by atoms with Crippen LogP contribution in [-0.4, -0.2) is 37.6 Å². The summed E-state index contributed by atoms with van der Waals surface area (Å²) in [5, 5.41) is 3.72. The SMILES string of the molecule is C=CCCC(CC)NCC(C1CC1)N(C)C. The molecule has 0 aromatic carbocycles. The third-order valence-corrected chi connectivity index (χ3v) is 3.66. The van der Waals surface area contributed by atoms with Gasteiger partial charge in [0.25, 0.3) is 0 Å². The summed E-state index contributed by atoms with van der Waals surface area (Å²) >= 11 is 0. The Hall–Kier alpha value is -0.340. The van der Waals surface area contributed by atoms with E-state index in [9.17, 15) is 0 Å². The molecule has 16 heavy (non-hydrogen) atoms. The average Bonchev–Trinajstić information content (AvgIpc) is 3.06. The van der Waals surface area contributed by atoms with Crippen molar-refractivity contribution in [1.82, 2.24) is 10.2 Å². The second-order valence-corrected chi connectivity index (χ2v) is 5.25. The van der Waals surface area contributed by atoms with Crippen molar-refractivity contribution in [2.75, 3.05) is 20.6 Å². The van der Waals surface area contributed by atoms with Gasteiger partial charge in [0.2, 0.25) is 0 Å². The molecule has 0 aliphatic heterocycles. The predicted octanol–water partition coefficient (Wildman–Crippen LogP) is 2.66. The summed E-state index contributed by atoms with van der Waals surface area (Å²) < 4.78 is 0. The molecule has 0 spiro atoms. The molecule has 1 fully saturated rings. The second-order valence-electron chi connectivity index (χ2n) is 5.25. The molecule has 0 saturated heterocycles. The highest BCUT2D eigenvalue weighted by molar-refractivity contribution is 4.88. The molecule has 1 rings (SSSR count). The smallest absolute Gasteiger partial charge is 0.0242 e. The van der Waals surface area contributed by atoms with Gasteiger partial charge in [-0.25, -0.2) is 0 Å². The molecule has 0 aromatic rings. The first-order chi connectivity index (χ1) is 7.69. The monoisotopic (exact) mass is 224 g/mol. The van der Waals surface area contributed by atoms with Crippen molar-refractivity contribution in [3.63, 3.8) is 0 Å². The van der Waals surface area contributed by atoms with Gasteiger partial charge in [-0.1, -0.05) is 13.0 Å². The van der Waals surface area contributed by atoms with Crippen LogP contribution in [0.5, 0.6) is 0 Å². The van der Waals surface area contributed by atoms with Crippen LogP contribution in [0.4, 0.5) is 0 Å². The summed E-state index contributed by atoms with van der Waals surface area (Å²) in [5.41, 5.74) is 0. The summed E-state index contributed by atoms with van der Waals surface area (Å²) in [6, 6.07) is 1.40. The van der Waals surface area contributed by atoms with Crippen molar-refractivity contribution in [2.24, 2.45) is 5.92 Å². The Morgan fingerprint density at radius 2 is 2.12 bits per heavy atom. The first-order valence-electron chi connectivity index (χ1n) is 6.69. The highest BCUT2D eigenvalue weighted by Gasteiger charge is 2.32. The summed E-state index contributed by atoms with van der Waals surface area (Å²) in [6.45, 7) is 7.21. The topological polar surface area (TPSA) is 15.3 Å². The standard InChI is InChI=1S/C14H28N2/c1-5-7-8-13(6-2)15-11-14(16(3)4)12-9-10-12/h5,12-15H,1,6-11H2,2-4H3. The van der Waals surface area contributed by atoms with Crippen LogP contribution >= 0.6 is 0 Å². The molecule has 0 bridgehead atoms. The van der Waals surface area contributed by atoms with Gasteiger partial charge in [0.15, 0.2) is 0 Å². The Balaban J connectivity index is 2.25. The first kappa shape index (κ1) is 13.7. The minimum atomic E-state index is 0.666. The Bertz CT molecular complexity index is 195. The van der Waals surface area contributed by atoms with Crippen molar-refractivity contribution in [2.45, 2.75) is 51.1 Å². The first-order valence-corrected chi connectivity index (χ1v) is 6.69. The van der Waals surface area contributed by atoms with Gasteiger partial charge in [-0.2, -0.15) is 0 Å². The Labute approximate surface area is 101 Å². The van der Waals surface area contributed by atoms with E-state index < -0.39 is 0 Å². The summed E-state index contributed by atoms with van der Waals surface area (Å²) in [4.78, 5) is 2.38. The predicted molar refractivity (Wildman–Crippen MR) is 71.7 cm³/mol. The van der Waals surface area contributed by atoms with Crippen LogP contribution in [0, 0.1) is 5.92 Å². The molecule has 0 aromatic heterocycles. The molecule has 1 saturated carbocycles. The number of likely N-dealkylation sites (N-methyl/N-ethyl adjacent to an activating group) is 1. The van der Waals surface area contributed by atoms with Crippen LogP contribution in [0.2, 0.25) is 0 Å². The van der Waals surface area contributed by atoms with Crippen molar-refractivity contribution in [3.8, 4) is 0 Å². The number of hydrogen-bond acceptors (Lipinski definition) is 2. The summed E-state index contributed by atoms with van der Waals surface area (Å²) in [6.07, 6.45) is 8.45. The normalized spacial score (nSPS) is 19.8. The van der Waals surface area contributed by atoms with Gasteiger partial charge in [0, 0.05) is 18.6 Å². The molecule has 2 atom stereocenters. The zero-order valence-electron chi connectivity index (χ0n) is 11.2. The van der Waals surface area contributed by atoms with Crippen molar-refractivity contribution >= 4 is 0 Å². The molecule has 2 unspecified atom stereocenters.